The van der Waals surface area contributed by atoms with Gasteiger partial charge in [0.2, 0.25) is 0 Å². The van der Waals surface area contributed by atoms with E-state index in [4.69, 9.17) is 14.6 Å². The number of halogens is 3. The number of nitrogens with zero attached hydrogens (tertiary/aromatic N) is 2. The Kier molecular flexibility index (Phi) is 4.68. The lowest BCUT2D eigenvalue weighted by atomic mass is 10.1. The Morgan fingerprint density at radius 1 is 1.25 bits per heavy atom. The molecule has 28 heavy (non-hydrogen) atoms. The first kappa shape index (κ1) is 18.3. The lowest BCUT2D eigenvalue weighted by Crippen LogP contribution is -2.42. The van der Waals surface area contributed by atoms with Gasteiger partial charge in [0.25, 0.3) is 0 Å². The number of rotatable bonds is 5. The normalized spacial score (nSPS) is 19.4. The maximum absolute atomic E-state index is 14.5. The number of aromatic amines is 1. The third-order valence-corrected chi connectivity index (χ3v) is 4.37. The van der Waals surface area contributed by atoms with Gasteiger partial charge in [-0.05, 0) is 29.8 Å². The Bertz CT molecular complexity index is 1030. The molecule has 0 aliphatic carbocycles. The monoisotopic (exact) mass is 391 g/mol. The van der Waals surface area contributed by atoms with E-state index in [0.29, 0.717) is 11.0 Å². The number of aliphatic imine (C=N–C) groups is 1. The van der Waals surface area contributed by atoms with Crippen LogP contribution in [0.25, 0.3) is 11.0 Å². The molecule has 0 fully saturated rings. The zero-order chi connectivity index (χ0) is 19.7. The van der Waals surface area contributed by atoms with E-state index >= 15 is 0 Å². The summed E-state index contributed by atoms with van der Waals surface area (Å²) in [6, 6.07) is 5.43. The van der Waals surface area contributed by atoms with Gasteiger partial charge in [-0.1, -0.05) is 0 Å². The first-order valence-electron chi connectivity index (χ1n) is 8.51. The van der Waals surface area contributed by atoms with Crippen molar-refractivity contribution >= 4 is 16.9 Å². The van der Waals surface area contributed by atoms with Gasteiger partial charge in [0, 0.05) is 18.8 Å². The van der Waals surface area contributed by atoms with Gasteiger partial charge in [0.05, 0.1) is 18.5 Å². The minimum absolute atomic E-state index is 0.00700. The molecule has 4 rings (SSSR count). The van der Waals surface area contributed by atoms with Crippen LogP contribution >= 0.6 is 0 Å². The van der Waals surface area contributed by atoms with E-state index in [2.05, 4.69) is 15.0 Å². The minimum Gasteiger partial charge on any atom is -0.477 e. The summed E-state index contributed by atoms with van der Waals surface area (Å²) in [4.78, 5) is 10.9. The van der Waals surface area contributed by atoms with E-state index < -0.39 is 29.7 Å². The van der Waals surface area contributed by atoms with Crippen LogP contribution in [0.2, 0.25) is 0 Å². The second-order valence-corrected chi connectivity index (χ2v) is 6.52. The number of hydrogen-bond acceptors (Lipinski definition) is 5. The molecule has 1 aromatic carbocycles. The zero-order valence-electron chi connectivity index (χ0n) is 14.6. The van der Waals surface area contributed by atoms with Crippen molar-refractivity contribution in [3.63, 3.8) is 0 Å². The fraction of sp³-hybridized carbons (Fsp3) is 0.263. The SMILES string of the molecule is OCC1(F)CN=C(Cc2cc(F)c(Oc3ccnc4[nH]ccc34)c(F)c2)OC1. The van der Waals surface area contributed by atoms with Gasteiger partial charge >= 0.3 is 0 Å². The van der Waals surface area contributed by atoms with Gasteiger partial charge in [-0.25, -0.2) is 18.2 Å². The van der Waals surface area contributed by atoms with E-state index in [1.807, 2.05) is 0 Å². The number of benzene rings is 1. The van der Waals surface area contributed by atoms with Crippen molar-refractivity contribution in [3.05, 3.63) is 53.9 Å². The molecule has 2 N–H and O–H groups in total. The van der Waals surface area contributed by atoms with Crippen LogP contribution in [0, 0.1) is 11.6 Å². The van der Waals surface area contributed by atoms with Crippen LogP contribution in [-0.2, 0) is 11.2 Å². The van der Waals surface area contributed by atoms with Crippen LogP contribution in [-0.4, -0.2) is 46.4 Å². The first-order valence-corrected chi connectivity index (χ1v) is 8.51. The summed E-state index contributed by atoms with van der Waals surface area (Å²) in [5.74, 6) is -1.89. The number of ether oxygens (including phenoxy) is 2. The highest BCUT2D eigenvalue weighted by molar-refractivity contribution is 5.82. The van der Waals surface area contributed by atoms with E-state index in [-0.39, 0.29) is 36.8 Å². The number of nitrogens with one attached hydrogen (secondary N) is 1. The van der Waals surface area contributed by atoms with Crippen molar-refractivity contribution in [1.29, 1.82) is 0 Å². The number of aliphatic hydroxyl groups is 1. The molecule has 1 unspecified atom stereocenters. The molecular formula is C19H16F3N3O3. The number of aliphatic hydroxyl groups excluding tert-OH is 1. The summed E-state index contributed by atoms with van der Waals surface area (Å²) in [5.41, 5.74) is -1.13. The van der Waals surface area contributed by atoms with Gasteiger partial charge in [0.15, 0.2) is 29.0 Å². The van der Waals surface area contributed by atoms with Crippen LogP contribution in [0.1, 0.15) is 5.56 Å². The van der Waals surface area contributed by atoms with Gasteiger partial charge < -0.3 is 19.6 Å². The Hall–Kier alpha value is -3.07. The van der Waals surface area contributed by atoms with Crippen LogP contribution < -0.4 is 4.74 Å². The summed E-state index contributed by atoms with van der Waals surface area (Å²) in [6.07, 6.45) is 3.11. The average molecular weight is 391 g/mol. The molecule has 0 amide bonds. The predicted molar refractivity (Wildman–Crippen MR) is 95.4 cm³/mol. The van der Waals surface area contributed by atoms with Crippen molar-refractivity contribution in [2.24, 2.45) is 4.99 Å². The van der Waals surface area contributed by atoms with Crippen molar-refractivity contribution < 1.29 is 27.8 Å². The standard InChI is InChI=1S/C19H16F3N3O3/c20-13-5-11(7-16-25-8-19(22,9-26)10-27-16)6-14(21)17(13)28-15-2-4-24-18-12(15)1-3-23-18/h1-6,26H,7-10H2,(H,23,24). The fourth-order valence-corrected chi connectivity index (χ4v) is 2.86. The van der Waals surface area contributed by atoms with E-state index in [1.165, 1.54) is 12.3 Å². The third-order valence-electron chi connectivity index (χ3n) is 4.37. The Morgan fingerprint density at radius 2 is 2.04 bits per heavy atom. The maximum atomic E-state index is 14.5. The van der Waals surface area contributed by atoms with Crippen molar-refractivity contribution in [2.45, 2.75) is 12.1 Å². The van der Waals surface area contributed by atoms with Gasteiger partial charge in [-0.2, -0.15) is 0 Å². The third kappa shape index (κ3) is 3.53. The highest BCUT2D eigenvalue weighted by Gasteiger charge is 2.33. The van der Waals surface area contributed by atoms with Crippen LogP contribution in [0.5, 0.6) is 11.5 Å². The summed E-state index contributed by atoms with van der Waals surface area (Å²) in [6.45, 7) is -1.33. The van der Waals surface area contributed by atoms with Crippen molar-refractivity contribution in [2.75, 3.05) is 19.8 Å². The summed E-state index contributed by atoms with van der Waals surface area (Å²) < 4.78 is 53.5. The lowest BCUT2D eigenvalue weighted by Gasteiger charge is -2.26. The summed E-state index contributed by atoms with van der Waals surface area (Å²) in [7, 11) is 0. The second-order valence-electron chi connectivity index (χ2n) is 6.52. The Balaban J connectivity index is 1.55. The molecule has 0 saturated heterocycles. The molecule has 6 nitrogen and oxygen atoms in total. The van der Waals surface area contributed by atoms with Crippen molar-refractivity contribution in [3.8, 4) is 11.5 Å². The van der Waals surface area contributed by atoms with Crippen LogP contribution in [0.15, 0.2) is 41.7 Å². The average Bonchev–Trinajstić information content (AvgIpc) is 3.16. The Labute approximate surface area is 157 Å². The Morgan fingerprint density at radius 3 is 2.71 bits per heavy atom. The molecule has 0 bridgehead atoms. The molecule has 0 saturated carbocycles. The number of aromatic nitrogens is 2. The highest BCUT2D eigenvalue weighted by atomic mass is 19.1. The number of H-pyrrole nitrogens is 1. The van der Waals surface area contributed by atoms with Gasteiger partial charge in [-0.15, -0.1) is 0 Å². The lowest BCUT2D eigenvalue weighted by molar-refractivity contribution is 0.0171. The van der Waals surface area contributed by atoms with Crippen LogP contribution in [0.3, 0.4) is 0 Å². The molecule has 146 valence electrons. The quantitative estimate of drug-likeness (QED) is 0.700. The number of hydrogen-bond donors (Lipinski definition) is 2. The first-order chi connectivity index (χ1) is 13.5. The molecule has 3 heterocycles. The number of alkyl halides is 1. The topological polar surface area (TPSA) is 79.7 Å². The van der Waals surface area contributed by atoms with Crippen molar-refractivity contribution in [1.82, 2.24) is 9.97 Å². The molecule has 1 atom stereocenters. The molecule has 0 spiro atoms. The molecule has 1 aliphatic heterocycles. The fourth-order valence-electron chi connectivity index (χ4n) is 2.86. The highest BCUT2D eigenvalue weighted by Crippen LogP contribution is 2.32. The van der Waals surface area contributed by atoms with E-state index in [1.54, 1.807) is 12.3 Å². The van der Waals surface area contributed by atoms with Crippen LogP contribution in [0.4, 0.5) is 13.2 Å². The smallest absolute Gasteiger partial charge is 0.198 e. The predicted octanol–water partition coefficient (Wildman–Crippen LogP) is 3.31. The summed E-state index contributed by atoms with van der Waals surface area (Å²) >= 11 is 0. The molecule has 1 aliphatic rings. The number of fused-ring (bicyclic) bond motifs is 1. The number of pyridine rings is 1. The second kappa shape index (κ2) is 7.16. The minimum atomic E-state index is -1.92. The molecule has 0 radical (unpaired) electrons. The van der Waals surface area contributed by atoms with E-state index in [0.717, 1.165) is 12.1 Å². The molecule has 2 aromatic heterocycles. The van der Waals surface area contributed by atoms with Gasteiger partial charge in [-0.3, -0.25) is 4.99 Å². The van der Waals surface area contributed by atoms with Gasteiger partial charge in [0.1, 0.15) is 18.0 Å². The molecule has 3 aromatic rings. The maximum Gasteiger partial charge on any atom is 0.198 e. The molecule has 9 heteroatoms. The summed E-state index contributed by atoms with van der Waals surface area (Å²) in [5, 5.41) is 9.55. The molecular weight excluding hydrogens is 375 g/mol. The largest absolute Gasteiger partial charge is 0.477 e. The zero-order valence-corrected chi connectivity index (χ0v) is 14.6. The van der Waals surface area contributed by atoms with E-state index in [9.17, 15) is 13.2 Å².